The number of halogens is 1. The van der Waals surface area contributed by atoms with Crippen molar-refractivity contribution in [2.24, 2.45) is 0 Å². The number of rotatable bonds is 9. The summed E-state index contributed by atoms with van der Waals surface area (Å²) in [5.74, 6) is -0.433. The Bertz CT molecular complexity index is 1640. The average molecular weight is 609 g/mol. The van der Waals surface area contributed by atoms with Crippen LogP contribution in [0, 0.1) is 6.92 Å². The molecule has 1 atom stereocenters. The van der Waals surface area contributed by atoms with Crippen molar-refractivity contribution >= 4 is 55.2 Å². The largest absolute Gasteiger partial charge is 0.494 e. The van der Waals surface area contributed by atoms with Gasteiger partial charge in [0.1, 0.15) is 22.8 Å². The minimum absolute atomic E-state index is 0.0493. The number of hydrogen-bond acceptors (Lipinski definition) is 8. The molecule has 0 fully saturated rings. The predicted octanol–water partition coefficient (Wildman–Crippen LogP) is 6.59. The fourth-order valence-corrected chi connectivity index (χ4v) is 5.76. The number of ether oxygens (including phenoxy) is 2. The van der Waals surface area contributed by atoms with Crippen molar-refractivity contribution in [2.45, 2.75) is 32.7 Å². The summed E-state index contributed by atoms with van der Waals surface area (Å²) < 4.78 is 17.7. The van der Waals surface area contributed by atoms with E-state index in [0.717, 1.165) is 24.2 Å². The molecule has 200 valence electrons. The number of carbonyl (C=O) groups is 2. The first-order chi connectivity index (χ1) is 18.8. The van der Waals surface area contributed by atoms with E-state index < -0.39 is 17.9 Å². The van der Waals surface area contributed by atoms with Gasteiger partial charge in [0.2, 0.25) is 5.76 Å². The molecule has 0 spiro atoms. The van der Waals surface area contributed by atoms with E-state index in [-0.39, 0.29) is 33.4 Å². The Labute approximate surface area is 237 Å². The maximum atomic E-state index is 13.8. The van der Waals surface area contributed by atoms with Crippen molar-refractivity contribution in [1.29, 1.82) is 0 Å². The maximum absolute atomic E-state index is 13.8. The second kappa shape index (κ2) is 11.2. The number of amides is 1. The number of fused-ring (bicyclic) bond motifs is 2. The molecule has 1 unspecified atom stereocenters. The van der Waals surface area contributed by atoms with Crippen molar-refractivity contribution < 1.29 is 23.5 Å². The Morgan fingerprint density at radius 3 is 2.72 bits per heavy atom. The lowest BCUT2D eigenvalue weighted by Crippen LogP contribution is -2.29. The number of hydrogen-bond donors (Lipinski definition) is 0. The molecule has 3 heterocycles. The monoisotopic (exact) mass is 608 g/mol. The molecular formula is C29H25BrN2O6S. The van der Waals surface area contributed by atoms with E-state index in [1.54, 1.807) is 25.1 Å². The van der Waals surface area contributed by atoms with E-state index >= 15 is 0 Å². The second-order valence-electron chi connectivity index (χ2n) is 8.96. The Morgan fingerprint density at radius 2 is 2.00 bits per heavy atom. The average Bonchev–Trinajstić information content (AvgIpc) is 3.45. The number of unbranched alkanes of at least 4 members (excludes halogenated alkanes) is 1. The number of esters is 1. The van der Waals surface area contributed by atoms with Gasteiger partial charge in [-0.05, 0) is 49.2 Å². The van der Waals surface area contributed by atoms with Crippen LogP contribution in [0.1, 0.15) is 62.9 Å². The summed E-state index contributed by atoms with van der Waals surface area (Å²) in [6, 6.07) is 11.5. The molecule has 0 bridgehead atoms. The molecule has 1 amide bonds. The Hall–Kier alpha value is -3.76. The third kappa shape index (κ3) is 5.02. The molecule has 2 aromatic heterocycles. The minimum atomic E-state index is -0.820. The fraction of sp³-hybridized carbons (Fsp3) is 0.241. The highest BCUT2D eigenvalue weighted by Crippen LogP contribution is 2.43. The summed E-state index contributed by atoms with van der Waals surface area (Å²) in [6.45, 7) is 7.97. The van der Waals surface area contributed by atoms with Gasteiger partial charge in [-0.15, -0.1) is 0 Å². The molecule has 39 heavy (non-hydrogen) atoms. The number of aromatic nitrogens is 1. The van der Waals surface area contributed by atoms with Crippen LogP contribution in [0.4, 0.5) is 5.13 Å². The van der Waals surface area contributed by atoms with Crippen LogP contribution in [0.25, 0.3) is 11.0 Å². The topological polar surface area (TPSA) is 98.9 Å². The van der Waals surface area contributed by atoms with E-state index in [1.165, 1.54) is 11.0 Å². The lowest BCUT2D eigenvalue weighted by molar-refractivity contribution is 0.0554. The zero-order valence-electron chi connectivity index (χ0n) is 21.4. The maximum Gasteiger partial charge on any atom is 0.350 e. The Morgan fingerprint density at radius 1 is 1.23 bits per heavy atom. The van der Waals surface area contributed by atoms with Crippen LogP contribution in [0.5, 0.6) is 5.75 Å². The highest BCUT2D eigenvalue weighted by Gasteiger charge is 2.45. The molecule has 2 aromatic carbocycles. The normalized spacial score (nSPS) is 14.5. The highest BCUT2D eigenvalue weighted by molar-refractivity contribution is 9.10. The van der Waals surface area contributed by atoms with Crippen LogP contribution in [-0.2, 0) is 4.74 Å². The first-order valence-corrected chi connectivity index (χ1v) is 14.0. The van der Waals surface area contributed by atoms with Gasteiger partial charge in [0.15, 0.2) is 10.6 Å². The quantitative estimate of drug-likeness (QED) is 0.120. The summed E-state index contributed by atoms with van der Waals surface area (Å²) in [7, 11) is 0. The summed E-state index contributed by atoms with van der Waals surface area (Å²) in [4.78, 5) is 46.5. The van der Waals surface area contributed by atoms with Gasteiger partial charge in [0.25, 0.3) is 5.91 Å². The summed E-state index contributed by atoms with van der Waals surface area (Å²) in [6.07, 6.45) is 3.43. The minimum Gasteiger partial charge on any atom is -0.494 e. The lowest BCUT2D eigenvalue weighted by Gasteiger charge is -2.22. The summed E-state index contributed by atoms with van der Waals surface area (Å²) in [5, 5.41) is 0.610. The lowest BCUT2D eigenvalue weighted by atomic mass is 9.98. The highest BCUT2D eigenvalue weighted by atomic mass is 79.9. The molecular weight excluding hydrogens is 584 g/mol. The number of thiazole rings is 1. The van der Waals surface area contributed by atoms with Crippen molar-refractivity contribution in [3.8, 4) is 5.75 Å². The second-order valence-corrected chi connectivity index (χ2v) is 10.9. The molecule has 10 heteroatoms. The van der Waals surface area contributed by atoms with Crippen LogP contribution in [0.15, 0.2) is 68.8 Å². The number of benzene rings is 2. The van der Waals surface area contributed by atoms with E-state index in [4.69, 9.17) is 13.9 Å². The molecule has 5 rings (SSSR count). The van der Waals surface area contributed by atoms with Crippen LogP contribution in [0.2, 0.25) is 0 Å². The zero-order chi connectivity index (χ0) is 27.7. The first kappa shape index (κ1) is 26.8. The molecule has 0 saturated carbocycles. The fourth-order valence-electron chi connectivity index (χ4n) is 4.41. The van der Waals surface area contributed by atoms with Crippen LogP contribution < -0.4 is 15.1 Å². The number of carbonyl (C=O) groups excluding carboxylic acids is 2. The third-order valence-corrected chi connectivity index (χ3v) is 7.93. The van der Waals surface area contributed by atoms with E-state index in [1.807, 2.05) is 24.3 Å². The molecule has 0 aliphatic carbocycles. The van der Waals surface area contributed by atoms with Gasteiger partial charge in [0.05, 0.1) is 29.3 Å². The van der Waals surface area contributed by atoms with E-state index in [0.29, 0.717) is 39.1 Å². The van der Waals surface area contributed by atoms with Crippen LogP contribution >= 0.6 is 27.3 Å². The van der Waals surface area contributed by atoms with Gasteiger partial charge in [-0.25, -0.2) is 9.78 Å². The first-order valence-electron chi connectivity index (χ1n) is 12.4. The molecule has 0 radical (unpaired) electrons. The molecule has 1 aliphatic heterocycles. The SMILES string of the molecule is C=CCOC(=O)c1sc(N2C(=O)c3oc4ccc(Br)cc4c(=O)c3C2c2ccc(OCCCC)cc2)nc1C. The Kier molecular flexibility index (Phi) is 7.67. The summed E-state index contributed by atoms with van der Waals surface area (Å²) >= 11 is 4.44. The molecule has 0 saturated heterocycles. The molecule has 0 N–H and O–H groups in total. The van der Waals surface area contributed by atoms with Crippen molar-refractivity contribution in [1.82, 2.24) is 4.98 Å². The smallest absolute Gasteiger partial charge is 0.350 e. The van der Waals surface area contributed by atoms with E-state index in [9.17, 15) is 14.4 Å². The summed E-state index contributed by atoms with van der Waals surface area (Å²) in [5.41, 5.74) is 1.30. The predicted molar refractivity (Wildman–Crippen MR) is 153 cm³/mol. The van der Waals surface area contributed by atoms with Gasteiger partial charge in [-0.3, -0.25) is 14.5 Å². The molecule has 4 aromatic rings. The van der Waals surface area contributed by atoms with Gasteiger partial charge in [-0.1, -0.05) is 65.4 Å². The number of anilines is 1. The van der Waals surface area contributed by atoms with Gasteiger partial charge >= 0.3 is 5.97 Å². The van der Waals surface area contributed by atoms with Crippen LogP contribution in [-0.4, -0.2) is 30.1 Å². The molecule has 1 aliphatic rings. The third-order valence-electron chi connectivity index (χ3n) is 6.30. The number of aryl methyl sites for hydroxylation is 1. The van der Waals surface area contributed by atoms with Crippen molar-refractivity contribution in [3.63, 3.8) is 0 Å². The van der Waals surface area contributed by atoms with Crippen molar-refractivity contribution in [2.75, 3.05) is 18.1 Å². The van der Waals surface area contributed by atoms with Gasteiger partial charge < -0.3 is 13.9 Å². The van der Waals surface area contributed by atoms with Gasteiger partial charge in [0, 0.05) is 4.47 Å². The zero-order valence-corrected chi connectivity index (χ0v) is 23.8. The standard InChI is InChI=1S/C29H25BrN2O6S/c1-4-6-14-36-19-10-7-17(8-11-19)23-22-24(33)20-15-18(30)9-12-21(20)38-25(22)27(34)32(23)29-31-16(3)26(39-29)28(35)37-13-5-2/h5,7-12,15,23H,2,4,6,13-14H2,1,3H3. The number of nitrogens with zero attached hydrogens (tertiary/aromatic N) is 2. The Balaban J connectivity index is 1.64. The molecule has 8 nitrogen and oxygen atoms in total. The van der Waals surface area contributed by atoms with Crippen molar-refractivity contribution in [3.05, 3.63) is 97.3 Å². The van der Waals surface area contributed by atoms with Crippen LogP contribution in [0.3, 0.4) is 0 Å². The van der Waals surface area contributed by atoms with E-state index in [2.05, 4.69) is 34.4 Å². The van der Waals surface area contributed by atoms with Gasteiger partial charge in [-0.2, -0.15) is 0 Å².